The third-order valence-corrected chi connectivity index (χ3v) is 3.78. The number of para-hydroxylation sites is 1. The van der Waals surface area contributed by atoms with Gasteiger partial charge in [-0.2, -0.15) is 0 Å². The lowest BCUT2D eigenvalue weighted by Crippen LogP contribution is -2.46. The average Bonchev–Trinajstić information content (AvgIpc) is 2.55. The number of carbonyl (C=O) groups is 1. The quantitative estimate of drug-likeness (QED) is 0.785. The number of benzene rings is 1. The number of hydrogen-bond acceptors (Lipinski definition) is 3. The smallest absolute Gasteiger partial charge is 0.257 e. The number of piperazine rings is 1. The van der Waals surface area contributed by atoms with Gasteiger partial charge in [0.15, 0.2) is 0 Å². The van der Waals surface area contributed by atoms with E-state index in [0.717, 1.165) is 38.3 Å². The van der Waals surface area contributed by atoms with Crippen molar-refractivity contribution in [3.63, 3.8) is 0 Å². The predicted molar refractivity (Wildman–Crippen MR) is 84.9 cm³/mol. The monoisotopic (exact) mass is 290 g/mol. The molecule has 0 aromatic heterocycles. The highest BCUT2D eigenvalue weighted by molar-refractivity contribution is 5.97. The first-order valence-corrected chi connectivity index (χ1v) is 8.04. The minimum absolute atomic E-state index is 0.0839. The van der Waals surface area contributed by atoms with Gasteiger partial charge in [0.05, 0.1) is 12.2 Å². The molecular weight excluding hydrogens is 264 g/mol. The summed E-state index contributed by atoms with van der Waals surface area (Å²) in [4.78, 5) is 14.5. The minimum Gasteiger partial charge on any atom is -0.493 e. The van der Waals surface area contributed by atoms with E-state index in [1.54, 1.807) is 0 Å². The summed E-state index contributed by atoms with van der Waals surface area (Å²) in [5.41, 5.74) is 0.690. The predicted octanol–water partition coefficient (Wildman–Crippen LogP) is 2.69. The van der Waals surface area contributed by atoms with Crippen LogP contribution >= 0.6 is 0 Å². The molecule has 1 N–H and O–H groups in total. The molecule has 1 amide bonds. The maximum atomic E-state index is 12.6. The zero-order valence-electron chi connectivity index (χ0n) is 12.9. The lowest BCUT2D eigenvalue weighted by Gasteiger charge is -2.28. The van der Waals surface area contributed by atoms with E-state index >= 15 is 0 Å². The molecular formula is C17H26N2O2. The molecule has 116 valence electrons. The van der Waals surface area contributed by atoms with Gasteiger partial charge in [-0.1, -0.05) is 38.3 Å². The van der Waals surface area contributed by atoms with Crippen LogP contribution in [0.25, 0.3) is 0 Å². The highest BCUT2D eigenvalue weighted by atomic mass is 16.5. The van der Waals surface area contributed by atoms with Crippen LogP contribution in [0.1, 0.15) is 43.0 Å². The molecule has 0 aliphatic carbocycles. The second kappa shape index (κ2) is 8.67. The fourth-order valence-electron chi connectivity index (χ4n) is 2.52. The fourth-order valence-corrected chi connectivity index (χ4v) is 2.52. The minimum atomic E-state index is 0.0839. The van der Waals surface area contributed by atoms with E-state index in [2.05, 4.69) is 12.2 Å². The van der Waals surface area contributed by atoms with Crippen molar-refractivity contribution >= 4 is 5.91 Å². The second-order valence-electron chi connectivity index (χ2n) is 5.45. The standard InChI is InChI=1S/C17H26N2O2/c1-2-3-4-7-14-21-16-9-6-5-8-15(16)17(20)19-12-10-18-11-13-19/h5-6,8-9,18H,2-4,7,10-14H2,1H3. The van der Waals surface area contributed by atoms with E-state index in [9.17, 15) is 4.79 Å². The number of ether oxygens (including phenoxy) is 1. The van der Waals surface area contributed by atoms with Crippen molar-refractivity contribution in [2.24, 2.45) is 0 Å². The van der Waals surface area contributed by atoms with Crippen LogP contribution in [0.2, 0.25) is 0 Å². The maximum absolute atomic E-state index is 12.6. The summed E-state index contributed by atoms with van der Waals surface area (Å²) in [7, 11) is 0. The Hall–Kier alpha value is -1.55. The van der Waals surface area contributed by atoms with Gasteiger partial charge < -0.3 is 15.0 Å². The van der Waals surface area contributed by atoms with E-state index in [1.807, 2.05) is 29.2 Å². The Morgan fingerprint density at radius 3 is 2.71 bits per heavy atom. The fraction of sp³-hybridized carbons (Fsp3) is 0.588. The van der Waals surface area contributed by atoms with Crippen molar-refractivity contribution in [2.45, 2.75) is 32.6 Å². The lowest BCUT2D eigenvalue weighted by molar-refractivity contribution is 0.0731. The van der Waals surface area contributed by atoms with E-state index < -0.39 is 0 Å². The van der Waals surface area contributed by atoms with Gasteiger partial charge in [-0.3, -0.25) is 4.79 Å². The molecule has 0 spiro atoms. The second-order valence-corrected chi connectivity index (χ2v) is 5.45. The van der Waals surface area contributed by atoms with Crippen LogP contribution in [0, 0.1) is 0 Å². The normalized spacial score (nSPS) is 15.0. The van der Waals surface area contributed by atoms with Gasteiger partial charge in [-0.15, -0.1) is 0 Å². The summed E-state index contributed by atoms with van der Waals surface area (Å²) < 4.78 is 5.83. The molecule has 2 rings (SSSR count). The summed E-state index contributed by atoms with van der Waals surface area (Å²) in [5, 5.41) is 3.26. The third kappa shape index (κ3) is 4.74. The summed E-state index contributed by atoms with van der Waals surface area (Å²) in [6.45, 7) is 6.15. The molecule has 1 aromatic rings. The topological polar surface area (TPSA) is 41.6 Å². The molecule has 4 nitrogen and oxygen atoms in total. The van der Waals surface area contributed by atoms with Crippen LogP contribution in [0.4, 0.5) is 0 Å². The Balaban J connectivity index is 1.94. The summed E-state index contributed by atoms with van der Waals surface area (Å²) in [5.74, 6) is 0.804. The highest BCUT2D eigenvalue weighted by Crippen LogP contribution is 2.20. The molecule has 0 unspecified atom stereocenters. The molecule has 0 bridgehead atoms. The van der Waals surface area contributed by atoms with Crippen molar-refractivity contribution < 1.29 is 9.53 Å². The summed E-state index contributed by atoms with van der Waals surface area (Å²) in [6, 6.07) is 7.59. The van der Waals surface area contributed by atoms with Gasteiger partial charge in [-0.05, 0) is 18.6 Å². The first-order valence-electron chi connectivity index (χ1n) is 8.04. The van der Waals surface area contributed by atoms with Gasteiger partial charge in [0, 0.05) is 26.2 Å². The highest BCUT2D eigenvalue weighted by Gasteiger charge is 2.20. The van der Waals surface area contributed by atoms with Gasteiger partial charge in [0.2, 0.25) is 0 Å². The third-order valence-electron chi connectivity index (χ3n) is 3.78. The Labute approximate surface area is 127 Å². The molecule has 1 aliphatic rings. The number of unbranched alkanes of at least 4 members (excludes halogenated alkanes) is 3. The van der Waals surface area contributed by atoms with Gasteiger partial charge in [0.1, 0.15) is 5.75 Å². The summed E-state index contributed by atoms with van der Waals surface area (Å²) >= 11 is 0. The molecule has 1 aliphatic heterocycles. The van der Waals surface area contributed by atoms with E-state index in [-0.39, 0.29) is 5.91 Å². The molecule has 1 fully saturated rings. The molecule has 0 saturated carbocycles. The number of carbonyl (C=O) groups excluding carboxylic acids is 1. The number of nitrogens with zero attached hydrogens (tertiary/aromatic N) is 1. The molecule has 0 radical (unpaired) electrons. The number of rotatable bonds is 7. The Morgan fingerprint density at radius 1 is 1.19 bits per heavy atom. The van der Waals surface area contributed by atoms with Gasteiger partial charge >= 0.3 is 0 Å². The van der Waals surface area contributed by atoms with Crippen molar-refractivity contribution in [2.75, 3.05) is 32.8 Å². The van der Waals surface area contributed by atoms with Crippen molar-refractivity contribution in [1.29, 1.82) is 0 Å². The molecule has 1 aromatic carbocycles. The van der Waals surface area contributed by atoms with Crippen molar-refractivity contribution in [3.8, 4) is 5.75 Å². The Bertz CT molecular complexity index is 442. The number of nitrogens with one attached hydrogen (secondary N) is 1. The molecule has 1 heterocycles. The lowest BCUT2D eigenvalue weighted by atomic mass is 10.1. The molecule has 4 heteroatoms. The molecule has 0 atom stereocenters. The first-order chi connectivity index (χ1) is 10.3. The van der Waals surface area contributed by atoms with E-state index in [0.29, 0.717) is 12.2 Å². The van der Waals surface area contributed by atoms with Crippen LogP contribution < -0.4 is 10.1 Å². The van der Waals surface area contributed by atoms with Crippen LogP contribution in [0.5, 0.6) is 5.75 Å². The molecule has 21 heavy (non-hydrogen) atoms. The van der Waals surface area contributed by atoms with Crippen LogP contribution in [0.15, 0.2) is 24.3 Å². The summed E-state index contributed by atoms with van der Waals surface area (Å²) in [6.07, 6.45) is 4.69. The SMILES string of the molecule is CCCCCCOc1ccccc1C(=O)N1CCNCC1. The molecule has 1 saturated heterocycles. The van der Waals surface area contributed by atoms with E-state index in [4.69, 9.17) is 4.74 Å². The van der Waals surface area contributed by atoms with E-state index in [1.165, 1.54) is 19.3 Å². The number of hydrogen-bond donors (Lipinski definition) is 1. The Kier molecular flexibility index (Phi) is 6.54. The van der Waals surface area contributed by atoms with Crippen LogP contribution in [-0.4, -0.2) is 43.6 Å². The number of amides is 1. The Morgan fingerprint density at radius 2 is 1.95 bits per heavy atom. The largest absolute Gasteiger partial charge is 0.493 e. The van der Waals surface area contributed by atoms with Crippen LogP contribution in [-0.2, 0) is 0 Å². The zero-order chi connectivity index (χ0) is 14.9. The van der Waals surface area contributed by atoms with Crippen LogP contribution in [0.3, 0.4) is 0 Å². The van der Waals surface area contributed by atoms with Crippen molar-refractivity contribution in [3.05, 3.63) is 29.8 Å². The zero-order valence-corrected chi connectivity index (χ0v) is 12.9. The maximum Gasteiger partial charge on any atom is 0.257 e. The first kappa shape index (κ1) is 15.8. The average molecular weight is 290 g/mol. The van der Waals surface area contributed by atoms with Gasteiger partial charge in [0.25, 0.3) is 5.91 Å². The van der Waals surface area contributed by atoms with Crippen molar-refractivity contribution in [1.82, 2.24) is 10.2 Å². The van der Waals surface area contributed by atoms with Gasteiger partial charge in [-0.25, -0.2) is 0 Å².